The Morgan fingerprint density at radius 1 is 1.31 bits per heavy atom. The van der Waals surface area contributed by atoms with Crippen molar-refractivity contribution in [2.24, 2.45) is 0 Å². The highest BCUT2D eigenvalue weighted by atomic mass is 35.5. The van der Waals surface area contributed by atoms with E-state index in [4.69, 9.17) is 0 Å². The summed E-state index contributed by atoms with van der Waals surface area (Å²) in [5.74, 6) is -0.200. The number of halogens is 3. The molecule has 1 aliphatic rings. The molecule has 1 amide bonds. The molecule has 10 heteroatoms. The highest BCUT2D eigenvalue weighted by Gasteiger charge is 2.21. The average molecular weight is 388 g/mol. The Hall–Kier alpha value is -2.26. The highest BCUT2D eigenvalue weighted by Crippen LogP contribution is 2.19. The quantitative estimate of drug-likeness (QED) is 0.821. The zero-order chi connectivity index (χ0) is 17.8. The highest BCUT2D eigenvalue weighted by molar-refractivity contribution is 5.93. The van der Waals surface area contributed by atoms with Gasteiger partial charge in [0.2, 0.25) is 0 Å². The summed E-state index contributed by atoms with van der Waals surface area (Å²) in [6.07, 6.45) is 1.76. The second-order valence-electron chi connectivity index (χ2n) is 5.81. The number of benzene rings is 1. The van der Waals surface area contributed by atoms with Crippen molar-refractivity contribution in [2.75, 3.05) is 13.1 Å². The molecule has 1 aromatic carbocycles. The number of carbonyl (C=O) groups is 1. The zero-order valence-electron chi connectivity index (χ0n) is 14.1. The lowest BCUT2D eigenvalue weighted by molar-refractivity contribution is -0.0498. The molecule has 0 bridgehead atoms. The molecule has 2 heterocycles. The molecule has 0 unspecified atom stereocenters. The summed E-state index contributed by atoms with van der Waals surface area (Å²) in [6, 6.07) is 6.11. The molecule has 1 aromatic heterocycles. The van der Waals surface area contributed by atoms with Gasteiger partial charge in [0.25, 0.3) is 5.91 Å². The molecule has 0 saturated carbocycles. The first-order valence-corrected chi connectivity index (χ1v) is 8.03. The lowest BCUT2D eigenvalue weighted by atomic mass is 10.1. The van der Waals surface area contributed by atoms with Crippen molar-refractivity contribution < 1.29 is 18.3 Å². The number of alkyl halides is 2. The number of ether oxygens (including phenoxy) is 1. The number of carbonyl (C=O) groups excluding carboxylic acids is 1. The second kappa shape index (κ2) is 8.91. The van der Waals surface area contributed by atoms with E-state index in [2.05, 4.69) is 25.7 Å². The summed E-state index contributed by atoms with van der Waals surface area (Å²) in [4.78, 5) is 12.4. The Kier molecular flexibility index (Phi) is 6.87. The van der Waals surface area contributed by atoms with Crippen LogP contribution in [0.2, 0.25) is 0 Å². The molecular formula is C16H20ClF2N5O2. The van der Waals surface area contributed by atoms with E-state index in [0.717, 1.165) is 25.9 Å². The summed E-state index contributed by atoms with van der Waals surface area (Å²) in [6.45, 7) is 0.623. The summed E-state index contributed by atoms with van der Waals surface area (Å²) in [7, 11) is 0. The van der Waals surface area contributed by atoms with Crippen molar-refractivity contribution in [3.8, 4) is 11.4 Å². The molecule has 2 aromatic rings. The van der Waals surface area contributed by atoms with E-state index in [1.165, 1.54) is 16.8 Å². The standard InChI is InChI=1S/C16H19F2N5O2.ClH/c1-10-14(15(24)20-11-6-8-19-9-7-11)21-22-23(10)12-2-4-13(5-3-12)25-16(17)18;/h2-5,11,16,19H,6-9H2,1H3,(H,20,24);1H. The number of hydrogen-bond donors (Lipinski definition) is 2. The van der Waals surface area contributed by atoms with Crippen LogP contribution in [0.4, 0.5) is 8.78 Å². The van der Waals surface area contributed by atoms with E-state index in [-0.39, 0.29) is 35.8 Å². The maximum atomic E-state index is 12.4. The lowest BCUT2D eigenvalue weighted by Gasteiger charge is -2.23. The fourth-order valence-electron chi connectivity index (χ4n) is 2.77. The van der Waals surface area contributed by atoms with Crippen molar-refractivity contribution in [1.29, 1.82) is 0 Å². The Balaban J connectivity index is 0.00000243. The van der Waals surface area contributed by atoms with Crippen LogP contribution in [0, 0.1) is 6.92 Å². The minimum atomic E-state index is -2.87. The number of amides is 1. The van der Waals surface area contributed by atoms with E-state index in [0.29, 0.717) is 11.4 Å². The molecule has 1 aliphatic heterocycles. The molecule has 1 saturated heterocycles. The predicted octanol–water partition coefficient (Wildman–Crippen LogP) is 2.08. The van der Waals surface area contributed by atoms with Crippen molar-refractivity contribution in [2.45, 2.75) is 32.4 Å². The molecule has 0 radical (unpaired) electrons. The molecule has 142 valence electrons. The van der Waals surface area contributed by atoms with Crippen molar-refractivity contribution >= 4 is 18.3 Å². The Bertz CT molecular complexity index is 733. The van der Waals surface area contributed by atoms with Crippen molar-refractivity contribution in [3.63, 3.8) is 0 Å². The van der Waals surface area contributed by atoms with E-state index >= 15 is 0 Å². The van der Waals surface area contributed by atoms with Crippen LogP contribution in [-0.4, -0.2) is 46.6 Å². The Morgan fingerprint density at radius 2 is 1.96 bits per heavy atom. The summed E-state index contributed by atoms with van der Waals surface area (Å²) in [5, 5.41) is 14.2. The molecule has 1 fully saturated rings. The van der Waals surface area contributed by atoms with Gasteiger partial charge < -0.3 is 15.4 Å². The van der Waals surface area contributed by atoms with Gasteiger partial charge in [0.15, 0.2) is 5.69 Å². The van der Waals surface area contributed by atoms with E-state index in [9.17, 15) is 13.6 Å². The predicted molar refractivity (Wildman–Crippen MR) is 93.3 cm³/mol. The van der Waals surface area contributed by atoms with Crippen LogP contribution >= 0.6 is 12.4 Å². The van der Waals surface area contributed by atoms with E-state index < -0.39 is 6.61 Å². The number of aromatic nitrogens is 3. The number of rotatable bonds is 5. The van der Waals surface area contributed by atoms with Crippen LogP contribution in [0.5, 0.6) is 5.75 Å². The average Bonchev–Trinajstić information content (AvgIpc) is 2.98. The molecular weight excluding hydrogens is 368 g/mol. The maximum Gasteiger partial charge on any atom is 0.387 e. The zero-order valence-corrected chi connectivity index (χ0v) is 14.9. The molecule has 2 N–H and O–H groups in total. The van der Waals surface area contributed by atoms with Gasteiger partial charge in [0.05, 0.1) is 11.4 Å². The van der Waals surface area contributed by atoms with Crippen LogP contribution in [0.15, 0.2) is 24.3 Å². The Labute approximate surface area is 155 Å². The molecule has 0 spiro atoms. The van der Waals surface area contributed by atoms with Gasteiger partial charge in [0.1, 0.15) is 5.75 Å². The van der Waals surface area contributed by atoms with Gasteiger partial charge in [0, 0.05) is 6.04 Å². The number of piperidine rings is 1. The first-order chi connectivity index (χ1) is 12.0. The van der Waals surface area contributed by atoms with Crippen molar-refractivity contribution in [3.05, 3.63) is 35.7 Å². The van der Waals surface area contributed by atoms with Crippen LogP contribution in [-0.2, 0) is 0 Å². The van der Waals surface area contributed by atoms with Gasteiger partial charge in [-0.3, -0.25) is 4.79 Å². The lowest BCUT2D eigenvalue weighted by Crippen LogP contribution is -2.43. The maximum absolute atomic E-state index is 12.4. The fraction of sp³-hybridized carbons (Fsp3) is 0.438. The Morgan fingerprint density at radius 3 is 2.58 bits per heavy atom. The van der Waals surface area contributed by atoms with Gasteiger partial charge in [-0.2, -0.15) is 8.78 Å². The fourth-order valence-corrected chi connectivity index (χ4v) is 2.77. The van der Waals surface area contributed by atoms with Gasteiger partial charge in [-0.05, 0) is 57.1 Å². The first-order valence-electron chi connectivity index (χ1n) is 8.03. The van der Waals surface area contributed by atoms with Gasteiger partial charge in [-0.1, -0.05) is 5.21 Å². The minimum Gasteiger partial charge on any atom is -0.435 e. The SMILES string of the molecule is Cc1c(C(=O)NC2CCNCC2)nnn1-c1ccc(OC(F)F)cc1.Cl. The summed E-state index contributed by atoms with van der Waals surface area (Å²) >= 11 is 0. The third kappa shape index (κ3) is 4.67. The van der Waals surface area contributed by atoms with Gasteiger partial charge in [-0.25, -0.2) is 4.68 Å². The molecule has 26 heavy (non-hydrogen) atoms. The van der Waals surface area contributed by atoms with E-state index in [1.807, 2.05) is 0 Å². The number of nitrogens with zero attached hydrogens (tertiary/aromatic N) is 3. The normalized spacial score (nSPS) is 14.8. The second-order valence-corrected chi connectivity index (χ2v) is 5.81. The number of hydrogen-bond acceptors (Lipinski definition) is 5. The minimum absolute atomic E-state index is 0. The summed E-state index contributed by atoms with van der Waals surface area (Å²) < 4.78 is 30.2. The smallest absolute Gasteiger partial charge is 0.387 e. The van der Waals surface area contributed by atoms with Crippen LogP contribution in [0.3, 0.4) is 0 Å². The third-order valence-corrected chi connectivity index (χ3v) is 4.09. The van der Waals surface area contributed by atoms with Crippen LogP contribution in [0.25, 0.3) is 5.69 Å². The van der Waals surface area contributed by atoms with Crippen LogP contribution in [0.1, 0.15) is 29.0 Å². The molecule has 0 aliphatic carbocycles. The van der Waals surface area contributed by atoms with Crippen LogP contribution < -0.4 is 15.4 Å². The van der Waals surface area contributed by atoms with Crippen molar-refractivity contribution in [1.82, 2.24) is 25.6 Å². The van der Waals surface area contributed by atoms with Gasteiger partial charge >= 0.3 is 6.61 Å². The summed E-state index contributed by atoms with van der Waals surface area (Å²) in [5.41, 5.74) is 1.44. The largest absolute Gasteiger partial charge is 0.435 e. The number of nitrogens with one attached hydrogen (secondary N) is 2. The molecule has 3 rings (SSSR count). The first kappa shape index (κ1) is 20.1. The molecule has 0 atom stereocenters. The monoisotopic (exact) mass is 387 g/mol. The topological polar surface area (TPSA) is 81.1 Å². The molecule has 7 nitrogen and oxygen atoms in total. The van der Waals surface area contributed by atoms with Gasteiger partial charge in [-0.15, -0.1) is 17.5 Å². The van der Waals surface area contributed by atoms with E-state index in [1.54, 1.807) is 19.1 Å². The third-order valence-electron chi connectivity index (χ3n) is 4.09.